The number of rotatable bonds is 6. The average molecular weight is 259 g/mol. The quantitative estimate of drug-likeness (QED) is 0.605. The summed E-state index contributed by atoms with van der Waals surface area (Å²) in [7, 11) is 0. The van der Waals surface area contributed by atoms with Gasteiger partial charge in [0.2, 0.25) is 0 Å². The van der Waals surface area contributed by atoms with Crippen LogP contribution < -0.4 is 5.32 Å². The molecule has 0 saturated heterocycles. The first-order valence-electron chi connectivity index (χ1n) is 5.31. The monoisotopic (exact) mass is 258 g/mol. The molecule has 1 aromatic carbocycles. The molecule has 6 heteroatoms. The highest BCUT2D eigenvalue weighted by atomic mass is 35.5. The Hall–Kier alpha value is -1.17. The SMILES string of the molecule is CC(CCO)NCc1ccc(Cl)cc1[N+](=O)[O-]. The summed E-state index contributed by atoms with van der Waals surface area (Å²) in [5, 5.41) is 23.0. The molecule has 0 aliphatic carbocycles. The third kappa shape index (κ3) is 4.30. The summed E-state index contributed by atoms with van der Waals surface area (Å²) in [6.07, 6.45) is 0.612. The van der Waals surface area contributed by atoms with Gasteiger partial charge in [0.05, 0.1) is 4.92 Å². The number of aliphatic hydroxyl groups is 1. The maximum atomic E-state index is 10.8. The molecule has 0 bridgehead atoms. The van der Waals surface area contributed by atoms with Crippen LogP contribution >= 0.6 is 11.6 Å². The topological polar surface area (TPSA) is 75.4 Å². The fourth-order valence-corrected chi connectivity index (χ4v) is 1.60. The van der Waals surface area contributed by atoms with Gasteiger partial charge in [-0.15, -0.1) is 0 Å². The molecule has 1 rings (SSSR count). The standard InChI is InChI=1S/C11H15ClN2O3/c1-8(4-5-15)13-7-9-2-3-10(12)6-11(9)14(16)17/h2-3,6,8,13,15H,4-5,7H2,1H3. The predicted octanol–water partition coefficient (Wildman–Crippen LogP) is 2.11. The van der Waals surface area contributed by atoms with Gasteiger partial charge in [-0.25, -0.2) is 0 Å². The van der Waals surface area contributed by atoms with Crippen molar-refractivity contribution in [2.24, 2.45) is 0 Å². The molecule has 94 valence electrons. The second-order valence-corrected chi connectivity index (χ2v) is 4.26. The van der Waals surface area contributed by atoms with Gasteiger partial charge in [-0.05, 0) is 25.5 Å². The zero-order valence-electron chi connectivity index (χ0n) is 9.52. The maximum absolute atomic E-state index is 10.8. The van der Waals surface area contributed by atoms with Crippen LogP contribution in [0.15, 0.2) is 18.2 Å². The molecule has 1 atom stereocenters. The van der Waals surface area contributed by atoms with E-state index < -0.39 is 4.92 Å². The Morgan fingerprint density at radius 3 is 2.88 bits per heavy atom. The first-order valence-corrected chi connectivity index (χ1v) is 5.69. The van der Waals surface area contributed by atoms with E-state index in [0.717, 1.165) is 0 Å². The molecule has 0 radical (unpaired) electrons. The fraction of sp³-hybridized carbons (Fsp3) is 0.455. The number of nitro groups is 1. The lowest BCUT2D eigenvalue weighted by Crippen LogP contribution is -2.26. The lowest BCUT2D eigenvalue weighted by atomic mass is 10.1. The van der Waals surface area contributed by atoms with Crippen LogP contribution in [0.1, 0.15) is 18.9 Å². The maximum Gasteiger partial charge on any atom is 0.275 e. The van der Waals surface area contributed by atoms with Crippen molar-refractivity contribution < 1.29 is 10.0 Å². The molecule has 0 aromatic heterocycles. The van der Waals surface area contributed by atoms with Gasteiger partial charge in [0.15, 0.2) is 0 Å². The summed E-state index contributed by atoms with van der Waals surface area (Å²) in [6, 6.07) is 4.71. The number of benzene rings is 1. The van der Waals surface area contributed by atoms with E-state index in [-0.39, 0.29) is 18.3 Å². The van der Waals surface area contributed by atoms with E-state index >= 15 is 0 Å². The molecule has 0 heterocycles. The van der Waals surface area contributed by atoms with E-state index in [0.29, 0.717) is 23.6 Å². The molecule has 0 amide bonds. The summed E-state index contributed by atoms with van der Waals surface area (Å²) in [4.78, 5) is 10.4. The Kier molecular flexibility index (Phi) is 5.34. The van der Waals surface area contributed by atoms with Gasteiger partial charge in [0.1, 0.15) is 0 Å². The fourth-order valence-electron chi connectivity index (χ4n) is 1.44. The first kappa shape index (κ1) is 13.9. The minimum absolute atomic E-state index is 0.0150. The lowest BCUT2D eigenvalue weighted by molar-refractivity contribution is -0.385. The third-order valence-electron chi connectivity index (χ3n) is 2.45. The van der Waals surface area contributed by atoms with Crippen molar-refractivity contribution >= 4 is 17.3 Å². The number of hydrogen-bond acceptors (Lipinski definition) is 4. The number of nitrogens with one attached hydrogen (secondary N) is 1. The van der Waals surface area contributed by atoms with E-state index in [2.05, 4.69) is 5.32 Å². The van der Waals surface area contributed by atoms with E-state index in [1.807, 2.05) is 6.92 Å². The van der Waals surface area contributed by atoms with Gasteiger partial charge in [-0.3, -0.25) is 10.1 Å². The van der Waals surface area contributed by atoms with Gasteiger partial charge in [0, 0.05) is 35.8 Å². The lowest BCUT2D eigenvalue weighted by Gasteiger charge is -2.12. The van der Waals surface area contributed by atoms with E-state index in [4.69, 9.17) is 16.7 Å². The molecule has 0 saturated carbocycles. The highest BCUT2D eigenvalue weighted by Gasteiger charge is 2.14. The predicted molar refractivity (Wildman–Crippen MR) is 66.1 cm³/mol. The average Bonchev–Trinajstić information content (AvgIpc) is 2.27. The van der Waals surface area contributed by atoms with Crippen molar-refractivity contribution in [3.8, 4) is 0 Å². The number of hydrogen-bond donors (Lipinski definition) is 2. The van der Waals surface area contributed by atoms with Gasteiger partial charge >= 0.3 is 0 Å². The Morgan fingerprint density at radius 1 is 1.59 bits per heavy atom. The molecule has 0 fully saturated rings. The third-order valence-corrected chi connectivity index (χ3v) is 2.68. The summed E-state index contributed by atoms with van der Waals surface area (Å²) in [6.45, 7) is 2.39. The number of nitro benzene ring substituents is 1. The van der Waals surface area contributed by atoms with Gasteiger partial charge in [-0.2, -0.15) is 0 Å². The highest BCUT2D eigenvalue weighted by Crippen LogP contribution is 2.23. The first-order chi connectivity index (χ1) is 8.04. The summed E-state index contributed by atoms with van der Waals surface area (Å²) >= 11 is 5.72. The van der Waals surface area contributed by atoms with Crippen molar-refractivity contribution in [3.05, 3.63) is 38.9 Å². The van der Waals surface area contributed by atoms with Crippen molar-refractivity contribution in [1.29, 1.82) is 0 Å². The minimum Gasteiger partial charge on any atom is -0.396 e. The highest BCUT2D eigenvalue weighted by molar-refractivity contribution is 6.30. The van der Waals surface area contributed by atoms with Gasteiger partial charge in [-0.1, -0.05) is 11.6 Å². The van der Waals surface area contributed by atoms with E-state index in [1.54, 1.807) is 12.1 Å². The summed E-state index contributed by atoms with van der Waals surface area (Å²) < 4.78 is 0. The molecular formula is C11H15ClN2O3. The Bertz CT molecular complexity index is 398. The van der Waals surface area contributed by atoms with E-state index in [9.17, 15) is 10.1 Å². The van der Waals surface area contributed by atoms with Crippen LogP contribution in [0.25, 0.3) is 0 Å². The van der Waals surface area contributed by atoms with Gasteiger partial charge < -0.3 is 10.4 Å². The smallest absolute Gasteiger partial charge is 0.275 e. The molecule has 0 aliphatic heterocycles. The largest absolute Gasteiger partial charge is 0.396 e. The Balaban J connectivity index is 2.73. The zero-order valence-corrected chi connectivity index (χ0v) is 10.3. The molecule has 17 heavy (non-hydrogen) atoms. The molecule has 5 nitrogen and oxygen atoms in total. The Labute approximate surface area is 105 Å². The van der Waals surface area contributed by atoms with Crippen LogP contribution in [0.5, 0.6) is 0 Å². The second-order valence-electron chi connectivity index (χ2n) is 3.82. The van der Waals surface area contributed by atoms with Crippen molar-refractivity contribution in [2.75, 3.05) is 6.61 Å². The normalized spacial score (nSPS) is 12.4. The molecule has 0 aliphatic rings. The van der Waals surface area contributed by atoms with Crippen molar-refractivity contribution in [1.82, 2.24) is 5.32 Å². The summed E-state index contributed by atoms with van der Waals surface area (Å²) in [5.41, 5.74) is 0.602. The van der Waals surface area contributed by atoms with Crippen LogP contribution in [0.4, 0.5) is 5.69 Å². The zero-order chi connectivity index (χ0) is 12.8. The molecule has 0 spiro atoms. The molecule has 1 aromatic rings. The summed E-state index contributed by atoms with van der Waals surface area (Å²) in [5.74, 6) is 0. The van der Waals surface area contributed by atoms with Crippen LogP contribution in [0.2, 0.25) is 5.02 Å². The second kappa shape index (κ2) is 6.54. The van der Waals surface area contributed by atoms with Crippen LogP contribution in [0, 0.1) is 10.1 Å². The Morgan fingerprint density at radius 2 is 2.29 bits per heavy atom. The van der Waals surface area contributed by atoms with Crippen molar-refractivity contribution in [3.63, 3.8) is 0 Å². The molecular weight excluding hydrogens is 244 g/mol. The van der Waals surface area contributed by atoms with Crippen LogP contribution in [-0.4, -0.2) is 22.7 Å². The van der Waals surface area contributed by atoms with Crippen LogP contribution in [0.3, 0.4) is 0 Å². The number of nitrogens with zero attached hydrogens (tertiary/aromatic N) is 1. The number of aliphatic hydroxyl groups excluding tert-OH is 1. The van der Waals surface area contributed by atoms with Crippen LogP contribution in [-0.2, 0) is 6.54 Å². The van der Waals surface area contributed by atoms with Crippen molar-refractivity contribution in [2.45, 2.75) is 25.9 Å². The number of halogens is 1. The molecule has 1 unspecified atom stereocenters. The van der Waals surface area contributed by atoms with Gasteiger partial charge in [0.25, 0.3) is 5.69 Å². The molecule has 2 N–H and O–H groups in total. The van der Waals surface area contributed by atoms with E-state index in [1.165, 1.54) is 6.07 Å². The minimum atomic E-state index is -0.445.